The molecular weight excluding hydrogens is 194 g/mol. The molecule has 0 atom stereocenters. The molecule has 4 heteroatoms. The molecule has 0 saturated carbocycles. The second-order valence-corrected chi connectivity index (χ2v) is 2.75. The van der Waals surface area contributed by atoms with Crippen LogP contribution < -0.4 is 5.73 Å². The molecule has 78 valence electrons. The monoisotopic (exact) mass is 205 g/mol. The maximum atomic E-state index is 10.9. The summed E-state index contributed by atoms with van der Waals surface area (Å²) in [4.78, 5) is 10.9. The highest BCUT2D eigenvalue weighted by atomic mass is 16.5. The highest BCUT2D eigenvalue weighted by molar-refractivity contribution is 5.89. The Hall–Kier alpha value is -2.15. The van der Waals surface area contributed by atoms with Crippen molar-refractivity contribution in [1.82, 2.24) is 0 Å². The Morgan fingerprint density at radius 3 is 3.00 bits per heavy atom. The number of nitrogens with two attached hydrogens (primary N) is 1. The van der Waals surface area contributed by atoms with E-state index in [1.54, 1.807) is 13.0 Å². The summed E-state index contributed by atoms with van der Waals surface area (Å²) < 4.78 is 4.61. The van der Waals surface area contributed by atoms with Crippen molar-refractivity contribution in [2.75, 3.05) is 12.3 Å². The van der Waals surface area contributed by atoms with Gasteiger partial charge in [-0.15, -0.1) is 0 Å². The van der Waals surface area contributed by atoms with Crippen LogP contribution in [-0.4, -0.2) is 17.7 Å². The van der Waals surface area contributed by atoms with E-state index in [1.807, 2.05) is 0 Å². The highest BCUT2D eigenvalue weighted by Gasteiger charge is 1.98. The second-order valence-electron chi connectivity index (χ2n) is 2.75. The molecule has 0 amide bonds. The van der Waals surface area contributed by atoms with Crippen LogP contribution in [0.2, 0.25) is 0 Å². The van der Waals surface area contributed by atoms with E-state index in [9.17, 15) is 9.90 Å². The van der Waals surface area contributed by atoms with Crippen molar-refractivity contribution >= 4 is 11.7 Å². The van der Waals surface area contributed by atoms with Gasteiger partial charge in [-0.05, 0) is 25.1 Å². The minimum atomic E-state index is -0.626. The average Bonchev–Trinajstić information content (AvgIpc) is 2.20. The lowest BCUT2D eigenvalue weighted by Crippen LogP contribution is -1.99. The van der Waals surface area contributed by atoms with Crippen LogP contribution in [0.1, 0.15) is 12.5 Å². The van der Waals surface area contributed by atoms with Crippen LogP contribution in [-0.2, 0) is 9.53 Å². The Balaban J connectivity index is 2.88. The number of carbonyl (C=O) groups is 1. The first kappa shape index (κ1) is 10.9. The minimum Gasteiger partial charge on any atom is -0.507 e. The van der Waals surface area contributed by atoms with Gasteiger partial charge < -0.3 is 15.6 Å². The van der Waals surface area contributed by atoms with E-state index < -0.39 is 5.97 Å². The number of hydrogen-bond acceptors (Lipinski definition) is 4. The van der Waals surface area contributed by atoms with E-state index in [-0.39, 0.29) is 12.4 Å². The van der Waals surface area contributed by atoms with Crippen LogP contribution in [0.15, 0.2) is 18.2 Å². The molecule has 0 spiro atoms. The van der Waals surface area contributed by atoms with Gasteiger partial charge in [-0.25, -0.2) is 4.79 Å². The number of phenols is 1. The zero-order valence-electron chi connectivity index (χ0n) is 8.28. The topological polar surface area (TPSA) is 72.5 Å². The average molecular weight is 205 g/mol. The summed E-state index contributed by atoms with van der Waals surface area (Å²) in [6.07, 6.45) is 0. The number of phenolic OH excluding ortho intramolecular Hbond substituents is 1. The maximum absolute atomic E-state index is 10.9. The fourth-order valence-electron chi connectivity index (χ4n) is 0.939. The van der Waals surface area contributed by atoms with Gasteiger partial charge in [-0.3, -0.25) is 0 Å². The van der Waals surface area contributed by atoms with Crippen molar-refractivity contribution < 1.29 is 14.6 Å². The first-order valence-corrected chi connectivity index (χ1v) is 4.40. The molecule has 0 aliphatic heterocycles. The molecule has 0 bridgehead atoms. The standard InChI is InChI=1S/C11H11NO3/c1-2-15-11(14)6-3-8-7-9(12)4-5-10(8)13/h4-5,7,13H,2,12H2,1H3. The van der Waals surface area contributed by atoms with E-state index in [0.717, 1.165) is 0 Å². The van der Waals surface area contributed by atoms with E-state index in [2.05, 4.69) is 16.6 Å². The fraction of sp³-hybridized carbons (Fsp3) is 0.182. The largest absolute Gasteiger partial charge is 0.507 e. The summed E-state index contributed by atoms with van der Waals surface area (Å²) in [6.45, 7) is 1.97. The lowest BCUT2D eigenvalue weighted by molar-refractivity contribution is -0.136. The van der Waals surface area contributed by atoms with Gasteiger partial charge in [0.15, 0.2) is 0 Å². The Morgan fingerprint density at radius 1 is 1.60 bits per heavy atom. The molecule has 1 aromatic rings. The van der Waals surface area contributed by atoms with Crippen LogP contribution in [0.3, 0.4) is 0 Å². The molecule has 0 unspecified atom stereocenters. The van der Waals surface area contributed by atoms with Gasteiger partial charge in [0.1, 0.15) is 5.75 Å². The third-order valence-corrected chi connectivity index (χ3v) is 1.60. The zero-order chi connectivity index (χ0) is 11.3. The first-order chi connectivity index (χ1) is 7.13. The van der Waals surface area contributed by atoms with Gasteiger partial charge in [0.2, 0.25) is 0 Å². The van der Waals surface area contributed by atoms with E-state index in [0.29, 0.717) is 11.3 Å². The summed E-state index contributed by atoms with van der Waals surface area (Å²) in [6, 6.07) is 4.46. The summed E-state index contributed by atoms with van der Waals surface area (Å²) in [5.41, 5.74) is 6.28. The molecule has 15 heavy (non-hydrogen) atoms. The molecule has 0 aromatic heterocycles. The van der Waals surface area contributed by atoms with Crippen molar-refractivity contribution in [3.8, 4) is 17.6 Å². The number of carbonyl (C=O) groups excluding carboxylic acids is 1. The molecule has 0 radical (unpaired) electrons. The Morgan fingerprint density at radius 2 is 2.33 bits per heavy atom. The van der Waals surface area contributed by atoms with Crippen molar-refractivity contribution in [3.63, 3.8) is 0 Å². The van der Waals surface area contributed by atoms with Crippen LogP contribution in [0.25, 0.3) is 0 Å². The lowest BCUT2D eigenvalue weighted by Gasteiger charge is -1.97. The lowest BCUT2D eigenvalue weighted by atomic mass is 10.2. The molecule has 1 rings (SSSR count). The molecule has 0 aliphatic rings. The van der Waals surface area contributed by atoms with Gasteiger partial charge in [-0.1, -0.05) is 5.92 Å². The van der Waals surface area contributed by atoms with Gasteiger partial charge in [0.05, 0.1) is 12.2 Å². The third kappa shape index (κ3) is 3.24. The van der Waals surface area contributed by atoms with Crippen LogP contribution >= 0.6 is 0 Å². The number of aromatic hydroxyl groups is 1. The van der Waals surface area contributed by atoms with Crippen LogP contribution in [0, 0.1) is 11.8 Å². The molecule has 4 nitrogen and oxygen atoms in total. The van der Waals surface area contributed by atoms with Crippen LogP contribution in [0.4, 0.5) is 5.69 Å². The summed E-state index contributed by atoms with van der Waals surface area (Å²) in [5.74, 6) is 4.09. The number of ether oxygens (including phenoxy) is 1. The van der Waals surface area contributed by atoms with E-state index in [1.165, 1.54) is 12.1 Å². The maximum Gasteiger partial charge on any atom is 0.384 e. The van der Waals surface area contributed by atoms with Crippen molar-refractivity contribution in [2.24, 2.45) is 0 Å². The number of nitrogen functional groups attached to an aromatic ring is 1. The van der Waals surface area contributed by atoms with E-state index >= 15 is 0 Å². The Labute approximate surface area is 87.7 Å². The summed E-state index contributed by atoms with van der Waals surface area (Å²) >= 11 is 0. The normalized spacial score (nSPS) is 8.87. The highest BCUT2D eigenvalue weighted by Crippen LogP contribution is 2.18. The van der Waals surface area contributed by atoms with Crippen molar-refractivity contribution in [2.45, 2.75) is 6.92 Å². The van der Waals surface area contributed by atoms with Crippen molar-refractivity contribution in [3.05, 3.63) is 23.8 Å². The molecular formula is C11H11NO3. The molecule has 0 fully saturated rings. The third-order valence-electron chi connectivity index (χ3n) is 1.60. The summed E-state index contributed by atoms with van der Waals surface area (Å²) in [5, 5.41) is 9.37. The number of rotatable bonds is 1. The zero-order valence-corrected chi connectivity index (χ0v) is 8.28. The van der Waals surface area contributed by atoms with E-state index in [4.69, 9.17) is 5.73 Å². The number of benzene rings is 1. The Kier molecular flexibility index (Phi) is 3.58. The first-order valence-electron chi connectivity index (χ1n) is 4.40. The van der Waals surface area contributed by atoms with Gasteiger partial charge in [0.25, 0.3) is 0 Å². The van der Waals surface area contributed by atoms with Gasteiger partial charge in [0, 0.05) is 11.6 Å². The predicted molar refractivity (Wildman–Crippen MR) is 56.0 cm³/mol. The summed E-state index contributed by atoms with van der Waals surface area (Å²) in [7, 11) is 0. The van der Waals surface area contributed by atoms with Crippen LogP contribution in [0.5, 0.6) is 5.75 Å². The second kappa shape index (κ2) is 4.91. The predicted octanol–water partition coefficient (Wildman–Crippen LogP) is 0.889. The molecule has 1 aromatic carbocycles. The number of esters is 1. The SMILES string of the molecule is CCOC(=O)C#Cc1cc(N)ccc1O. The Bertz CT molecular complexity index is 429. The fourth-order valence-corrected chi connectivity index (χ4v) is 0.939. The quantitative estimate of drug-likeness (QED) is 0.309. The number of hydrogen-bond donors (Lipinski definition) is 2. The number of anilines is 1. The molecule has 0 heterocycles. The minimum absolute atomic E-state index is 0.0130. The van der Waals surface area contributed by atoms with Gasteiger partial charge >= 0.3 is 5.97 Å². The smallest absolute Gasteiger partial charge is 0.384 e. The molecule has 3 N–H and O–H groups in total. The van der Waals surface area contributed by atoms with Gasteiger partial charge in [-0.2, -0.15) is 0 Å². The molecule has 0 aliphatic carbocycles. The van der Waals surface area contributed by atoms with Crippen molar-refractivity contribution in [1.29, 1.82) is 0 Å². The molecule has 0 saturated heterocycles.